The van der Waals surface area contributed by atoms with Crippen LogP contribution < -0.4 is 9.64 Å². The summed E-state index contributed by atoms with van der Waals surface area (Å²) in [6.07, 6.45) is -0.200. The van der Waals surface area contributed by atoms with Gasteiger partial charge in [0.05, 0.1) is 0 Å². The largest absolute Gasteiger partial charge is 0.486 e. The Balaban J connectivity index is 1.98. The second-order valence-electron chi connectivity index (χ2n) is 4.73. The summed E-state index contributed by atoms with van der Waals surface area (Å²) in [4.78, 5) is 16.9. The molecule has 0 aliphatic carbocycles. The highest BCUT2D eigenvalue weighted by Crippen LogP contribution is 2.21. The fraction of sp³-hybridized carbons (Fsp3) is 0.400. The van der Waals surface area contributed by atoms with Crippen LogP contribution in [0.2, 0.25) is 0 Å². The summed E-state index contributed by atoms with van der Waals surface area (Å²) in [5.41, 5.74) is 1.10. The van der Waals surface area contributed by atoms with E-state index in [0.29, 0.717) is 5.82 Å². The first-order valence-corrected chi connectivity index (χ1v) is 7.22. The molecule has 0 saturated heterocycles. The molecule has 1 aromatic heterocycles. The Kier molecular flexibility index (Phi) is 5.35. The van der Waals surface area contributed by atoms with Crippen molar-refractivity contribution in [3.8, 4) is 5.75 Å². The normalized spacial score (nSPS) is 10.5. The number of aliphatic carboxylic acids is 1. The number of benzene rings is 1. The average Bonchev–Trinajstić information content (AvgIpc) is 2.94. The topological polar surface area (TPSA) is 91.3 Å². The van der Waals surface area contributed by atoms with Crippen molar-refractivity contribution in [2.75, 3.05) is 18.0 Å². The number of carboxylic acids is 1. The zero-order valence-electron chi connectivity index (χ0n) is 12.7. The van der Waals surface area contributed by atoms with Crippen LogP contribution in [0, 0.1) is 0 Å². The van der Waals surface area contributed by atoms with E-state index in [-0.39, 0.29) is 18.9 Å². The van der Waals surface area contributed by atoms with E-state index in [1.165, 1.54) is 0 Å². The van der Waals surface area contributed by atoms with Crippen molar-refractivity contribution < 1.29 is 14.6 Å². The molecule has 0 saturated carbocycles. The van der Waals surface area contributed by atoms with Crippen LogP contribution in [0.15, 0.2) is 24.3 Å². The number of carboxylic acid groups (broad SMARTS) is 1. The summed E-state index contributed by atoms with van der Waals surface area (Å²) in [6, 6.07) is 7.83. The van der Waals surface area contributed by atoms with Crippen molar-refractivity contribution >= 4 is 11.7 Å². The van der Waals surface area contributed by atoms with Crippen LogP contribution in [-0.4, -0.2) is 39.3 Å². The number of anilines is 1. The summed E-state index contributed by atoms with van der Waals surface area (Å²) in [6.45, 7) is 6.29. The maximum Gasteiger partial charge on any atom is 0.311 e. The second kappa shape index (κ2) is 7.44. The van der Waals surface area contributed by atoms with Crippen LogP contribution in [-0.2, 0) is 17.8 Å². The first-order valence-electron chi connectivity index (χ1n) is 7.22. The molecule has 0 radical (unpaired) electrons. The molecule has 0 unspecified atom stereocenters. The van der Waals surface area contributed by atoms with Gasteiger partial charge in [-0.05, 0) is 26.0 Å². The predicted molar refractivity (Wildman–Crippen MR) is 82.1 cm³/mol. The molecule has 7 heteroatoms. The summed E-state index contributed by atoms with van der Waals surface area (Å²) < 4.78 is 5.68. The van der Waals surface area contributed by atoms with E-state index in [4.69, 9.17) is 9.84 Å². The Hall–Kier alpha value is -2.57. The van der Waals surface area contributed by atoms with Crippen LogP contribution in [0.4, 0.5) is 5.69 Å². The number of ether oxygens (including phenoxy) is 1. The van der Waals surface area contributed by atoms with Gasteiger partial charge in [-0.2, -0.15) is 5.10 Å². The van der Waals surface area contributed by atoms with Gasteiger partial charge in [-0.1, -0.05) is 6.07 Å². The van der Waals surface area contributed by atoms with E-state index in [1.54, 1.807) is 0 Å². The molecule has 118 valence electrons. The molecular formula is C15H20N4O3. The number of hydrogen-bond acceptors (Lipinski definition) is 5. The maximum absolute atomic E-state index is 10.6. The molecule has 2 aromatic rings. The Morgan fingerprint density at radius 3 is 2.82 bits per heavy atom. The molecule has 0 aliphatic rings. The number of rotatable bonds is 8. The van der Waals surface area contributed by atoms with Crippen LogP contribution in [0.1, 0.15) is 25.5 Å². The van der Waals surface area contributed by atoms with Gasteiger partial charge in [0.15, 0.2) is 11.6 Å². The molecule has 0 amide bonds. The van der Waals surface area contributed by atoms with Gasteiger partial charge in [-0.25, -0.2) is 4.98 Å². The lowest BCUT2D eigenvalue weighted by Gasteiger charge is -2.21. The predicted octanol–water partition coefficient (Wildman–Crippen LogP) is 1.86. The maximum atomic E-state index is 10.6. The Morgan fingerprint density at radius 1 is 1.36 bits per heavy atom. The lowest BCUT2D eigenvalue weighted by Crippen LogP contribution is -2.21. The average molecular weight is 304 g/mol. The van der Waals surface area contributed by atoms with Crippen molar-refractivity contribution in [3.63, 3.8) is 0 Å². The molecule has 2 N–H and O–H groups in total. The third-order valence-corrected chi connectivity index (χ3v) is 3.21. The Morgan fingerprint density at radius 2 is 2.14 bits per heavy atom. The smallest absolute Gasteiger partial charge is 0.311 e. The molecule has 1 aromatic carbocycles. The van der Waals surface area contributed by atoms with Crippen LogP contribution in [0.3, 0.4) is 0 Å². The fourth-order valence-corrected chi connectivity index (χ4v) is 2.12. The zero-order valence-corrected chi connectivity index (χ0v) is 12.7. The first-order chi connectivity index (χ1) is 10.6. The number of hydrogen-bond donors (Lipinski definition) is 2. The Labute approximate surface area is 128 Å². The van der Waals surface area contributed by atoms with E-state index < -0.39 is 5.97 Å². The first kappa shape index (κ1) is 15.8. The van der Waals surface area contributed by atoms with Gasteiger partial charge in [0.2, 0.25) is 0 Å². The van der Waals surface area contributed by atoms with Gasteiger partial charge in [-0.15, -0.1) is 0 Å². The van der Waals surface area contributed by atoms with Gasteiger partial charge in [0.25, 0.3) is 0 Å². The SMILES string of the molecule is CCN(CC)c1cccc(OCc2nc(CC(=O)O)n[nH]2)c1. The lowest BCUT2D eigenvalue weighted by molar-refractivity contribution is -0.136. The molecule has 1 heterocycles. The van der Waals surface area contributed by atoms with Crippen molar-refractivity contribution in [2.24, 2.45) is 0 Å². The van der Waals surface area contributed by atoms with E-state index in [2.05, 4.69) is 33.9 Å². The quantitative estimate of drug-likeness (QED) is 0.773. The molecule has 0 spiro atoms. The fourth-order valence-electron chi connectivity index (χ4n) is 2.12. The van der Waals surface area contributed by atoms with Gasteiger partial charge in [0, 0.05) is 24.8 Å². The zero-order chi connectivity index (χ0) is 15.9. The minimum Gasteiger partial charge on any atom is -0.486 e. The molecule has 0 fully saturated rings. The van der Waals surface area contributed by atoms with Gasteiger partial charge in [0.1, 0.15) is 18.8 Å². The molecule has 0 atom stereocenters. The summed E-state index contributed by atoms with van der Waals surface area (Å²) in [5, 5.41) is 15.2. The summed E-state index contributed by atoms with van der Waals surface area (Å²) in [7, 11) is 0. The van der Waals surface area contributed by atoms with Crippen molar-refractivity contribution in [1.29, 1.82) is 0 Å². The number of nitrogens with one attached hydrogen (secondary N) is 1. The van der Waals surface area contributed by atoms with E-state index >= 15 is 0 Å². The van der Waals surface area contributed by atoms with Crippen LogP contribution in [0.25, 0.3) is 0 Å². The van der Waals surface area contributed by atoms with Crippen molar-refractivity contribution in [1.82, 2.24) is 15.2 Å². The Bertz CT molecular complexity index is 623. The molecule has 2 rings (SSSR count). The lowest BCUT2D eigenvalue weighted by atomic mass is 10.2. The number of carbonyl (C=O) groups is 1. The minimum atomic E-state index is -0.960. The van der Waals surface area contributed by atoms with Crippen LogP contribution >= 0.6 is 0 Å². The third-order valence-electron chi connectivity index (χ3n) is 3.21. The highest BCUT2D eigenvalue weighted by Gasteiger charge is 2.08. The molecule has 0 aliphatic heterocycles. The van der Waals surface area contributed by atoms with Gasteiger partial charge in [-0.3, -0.25) is 9.89 Å². The monoisotopic (exact) mass is 304 g/mol. The number of aromatic nitrogens is 3. The van der Waals surface area contributed by atoms with Crippen LogP contribution in [0.5, 0.6) is 5.75 Å². The molecule has 7 nitrogen and oxygen atoms in total. The van der Waals surface area contributed by atoms with Crippen molar-refractivity contribution in [2.45, 2.75) is 26.9 Å². The highest BCUT2D eigenvalue weighted by molar-refractivity contribution is 5.68. The summed E-state index contributed by atoms with van der Waals surface area (Å²) in [5.74, 6) is 0.534. The number of nitrogens with zero attached hydrogens (tertiary/aromatic N) is 3. The standard InChI is InChI=1S/C15H20N4O3/c1-3-19(4-2)11-6-5-7-12(8-11)22-10-14-16-13(17-18-14)9-15(20)21/h5-8H,3-4,9-10H2,1-2H3,(H,20,21)(H,16,17,18). The van der Waals surface area contributed by atoms with Gasteiger partial charge >= 0.3 is 5.97 Å². The van der Waals surface area contributed by atoms with E-state index in [9.17, 15) is 4.79 Å². The highest BCUT2D eigenvalue weighted by atomic mass is 16.5. The number of aromatic amines is 1. The minimum absolute atomic E-state index is 0.200. The third kappa shape index (κ3) is 4.21. The van der Waals surface area contributed by atoms with Crippen molar-refractivity contribution in [3.05, 3.63) is 35.9 Å². The molecule has 22 heavy (non-hydrogen) atoms. The summed E-state index contributed by atoms with van der Waals surface area (Å²) >= 11 is 0. The van der Waals surface area contributed by atoms with E-state index in [0.717, 1.165) is 24.5 Å². The molecular weight excluding hydrogens is 284 g/mol. The van der Waals surface area contributed by atoms with Gasteiger partial charge < -0.3 is 14.7 Å². The molecule has 0 bridgehead atoms. The number of H-pyrrole nitrogens is 1. The van der Waals surface area contributed by atoms with E-state index in [1.807, 2.05) is 24.3 Å². The second-order valence-corrected chi connectivity index (χ2v) is 4.73.